The van der Waals surface area contributed by atoms with Crippen molar-refractivity contribution in [2.45, 2.75) is 0 Å². The number of benzene rings is 1. The number of hydrogen-bond donors (Lipinski definition) is 0. The quantitative estimate of drug-likeness (QED) is 0.686. The smallest absolute Gasteiger partial charge is 0.325 e. The van der Waals surface area contributed by atoms with E-state index in [4.69, 9.17) is 0 Å². The molecule has 14 heavy (non-hydrogen) atoms. The van der Waals surface area contributed by atoms with Gasteiger partial charge in [-0.1, -0.05) is 0 Å². The van der Waals surface area contributed by atoms with Gasteiger partial charge in [-0.05, 0) is 24.3 Å². The van der Waals surface area contributed by atoms with Gasteiger partial charge in [0.05, 0.1) is 7.11 Å². The number of carbonyl (C=O) groups excluding carboxylic acids is 1. The molecule has 0 aromatic heterocycles. The summed E-state index contributed by atoms with van der Waals surface area (Å²) in [6.45, 7) is 0.155. The van der Waals surface area contributed by atoms with Gasteiger partial charge in [0.1, 0.15) is 12.4 Å². The highest BCUT2D eigenvalue weighted by Crippen LogP contribution is 2.12. The van der Waals surface area contributed by atoms with Crippen LogP contribution in [0.4, 0.5) is 10.1 Å². The summed E-state index contributed by atoms with van der Waals surface area (Å²) in [4.78, 5) is 12.6. The lowest BCUT2D eigenvalue weighted by atomic mass is 10.3. The molecular weight excluding hydrogens is 185 g/mol. The third-order valence-corrected chi connectivity index (χ3v) is 1.86. The fraction of sp³-hybridized carbons (Fsp3) is 0.300. The van der Waals surface area contributed by atoms with Gasteiger partial charge in [-0.25, -0.2) is 4.39 Å². The van der Waals surface area contributed by atoms with Crippen LogP contribution in [0.1, 0.15) is 0 Å². The molecule has 0 bridgehead atoms. The summed E-state index contributed by atoms with van der Waals surface area (Å²) in [6.07, 6.45) is 0. The van der Waals surface area contributed by atoms with Gasteiger partial charge >= 0.3 is 5.97 Å². The molecule has 76 valence electrons. The first-order chi connectivity index (χ1) is 6.63. The van der Waals surface area contributed by atoms with Crippen molar-refractivity contribution < 1.29 is 13.9 Å². The van der Waals surface area contributed by atoms with Crippen molar-refractivity contribution in [3.05, 3.63) is 30.1 Å². The average Bonchev–Trinajstić information content (AvgIpc) is 2.18. The second kappa shape index (κ2) is 4.60. The predicted molar refractivity (Wildman–Crippen MR) is 51.7 cm³/mol. The van der Waals surface area contributed by atoms with Crippen LogP contribution in [0.25, 0.3) is 0 Å². The third-order valence-electron chi connectivity index (χ3n) is 1.86. The Bertz CT molecular complexity index is 310. The van der Waals surface area contributed by atoms with Crippen LogP contribution in [-0.4, -0.2) is 26.7 Å². The number of ether oxygens (including phenoxy) is 1. The lowest BCUT2D eigenvalue weighted by Crippen LogP contribution is -2.26. The molecule has 0 aliphatic heterocycles. The van der Waals surface area contributed by atoms with E-state index in [1.807, 2.05) is 0 Å². The van der Waals surface area contributed by atoms with Crippen LogP contribution in [0.2, 0.25) is 0 Å². The normalized spacial score (nSPS) is 9.64. The van der Waals surface area contributed by atoms with Crippen molar-refractivity contribution in [2.24, 2.45) is 0 Å². The van der Waals surface area contributed by atoms with E-state index in [-0.39, 0.29) is 18.3 Å². The first-order valence-corrected chi connectivity index (χ1v) is 4.17. The van der Waals surface area contributed by atoms with Crippen LogP contribution >= 0.6 is 0 Å². The number of anilines is 1. The number of hydrogen-bond acceptors (Lipinski definition) is 3. The van der Waals surface area contributed by atoms with Crippen molar-refractivity contribution >= 4 is 11.7 Å². The molecule has 3 nitrogen and oxygen atoms in total. The molecule has 0 radical (unpaired) electrons. The zero-order valence-corrected chi connectivity index (χ0v) is 8.16. The molecule has 0 saturated carbocycles. The number of likely N-dealkylation sites (N-methyl/N-ethyl adjacent to an activating group) is 1. The van der Waals surface area contributed by atoms with Crippen molar-refractivity contribution in [2.75, 3.05) is 25.6 Å². The minimum atomic E-state index is -0.322. The molecule has 0 saturated heterocycles. The Labute approximate surface area is 82.1 Å². The summed E-state index contributed by atoms with van der Waals surface area (Å²) in [7, 11) is 3.07. The second-order valence-corrected chi connectivity index (χ2v) is 2.91. The van der Waals surface area contributed by atoms with Crippen LogP contribution in [-0.2, 0) is 9.53 Å². The summed E-state index contributed by atoms with van der Waals surface area (Å²) < 4.78 is 17.1. The molecule has 1 rings (SSSR count). The molecule has 0 N–H and O–H groups in total. The average molecular weight is 197 g/mol. The van der Waals surface area contributed by atoms with E-state index in [1.165, 1.54) is 19.2 Å². The van der Waals surface area contributed by atoms with E-state index in [0.29, 0.717) is 0 Å². The lowest BCUT2D eigenvalue weighted by molar-refractivity contribution is -0.138. The number of methoxy groups -OCH3 is 1. The minimum absolute atomic E-state index is 0.155. The summed E-state index contributed by atoms with van der Waals surface area (Å²) in [5, 5.41) is 0. The Kier molecular flexibility index (Phi) is 3.45. The Hall–Kier alpha value is -1.58. The maximum atomic E-state index is 12.6. The molecule has 0 aliphatic carbocycles. The molecule has 0 unspecified atom stereocenters. The zero-order chi connectivity index (χ0) is 10.6. The van der Waals surface area contributed by atoms with Crippen LogP contribution in [0.5, 0.6) is 0 Å². The monoisotopic (exact) mass is 197 g/mol. The van der Waals surface area contributed by atoms with E-state index in [1.54, 1.807) is 24.1 Å². The molecule has 0 atom stereocenters. The SMILES string of the molecule is COC(=O)CN(C)c1ccc(F)cc1. The number of rotatable bonds is 3. The van der Waals surface area contributed by atoms with E-state index in [2.05, 4.69) is 4.74 Å². The summed E-state index contributed by atoms with van der Waals surface area (Å²) in [5.41, 5.74) is 0.775. The van der Waals surface area contributed by atoms with Gasteiger partial charge in [0, 0.05) is 12.7 Å². The number of esters is 1. The summed E-state index contributed by atoms with van der Waals surface area (Å²) in [6, 6.07) is 5.92. The van der Waals surface area contributed by atoms with Crippen molar-refractivity contribution in [1.82, 2.24) is 0 Å². The highest BCUT2D eigenvalue weighted by atomic mass is 19.1. The number of nitrogens with zero attached hydrogens (tertiary/aromatic N) is 1. The molecule has 0 aliphatic rings. The Morgan fingerprint density at radius 2 is 2.00 bits per heavy atom. The van der Waals surface area contributed by atoms with Gasteiger partial charge < -0.3 is 9.64 Å². The summed E-state index contributed by atoms with van der Waals surface area (Å²) in [5.74, 6) is -0.614. The molecule has 4 heteroatoms. The Morgan fingerprint density at radius 1 is 1.43 bits per heavy atom. The van der Waals surface area contributed by atoms with Gasteiger partial charge in [-0.3, -0.25) is 4.79 Å². The molecule has 0 spiro atoms. The van der Waals surface area contributed by atoms with E-state index < -0.39 is 0 Å². The van der Waals surface area contributed by atoms with Gasteiger partial charge in [0.25, 0.3) is 0 Å². The van der Waals surface area contributed by atoms with Gasteiger partial charge in [-0.2, -0.15) is 0 Å². The van der Waals surface area contributed by atoms with Gasteiger partial charge in [0.2, 0.25) is 0 Å². The van der Waals surface area contributed by atoms with Crippen molar-refractivity contribution in [3.8, 4) is 0 Å². The van der Waals surface area contributed by atoms with Crippen LogP contribution < -0.4 is 4.90 Å². The molecule has 0 heterocycles. The lowest BCUT2D eigenvalue weighted by Gasteiger charge is -2.17. The van der Waals surface area contributed by atoms with E-state index >= 15 is 0 Å². The number of carbonyl (C=O) groups is 1. The molecule has 1 aromatic rings. The highest BCUT2D eigenvalue weighted by Gasteiger charge is 2.06. The Balaban J connectivity index is 2.65. The first-order valence-electron chi connectivity index (χ1n) is 4.17. The first kappa shape index (κ1) is 10.5. The van der Waals surface area contributed by atoms with Crippen molar-refractivity contribution in [3.63, 3.8) is 0 Å². The van der Waals surface area contributed by atoms with Crippen LogP contribution in [0.3, 0.4) is 0 Å². The largest absolute Gasteiger partial charge is 0.468 e. The molecule has 0 amide bonds. The molecule has 0 fully saturated rings. The maximum absolute atomic E-state index is 12.6. The van der Waals surface area contributed by atoms with Gasteiger partial charge in [-0.15, -0.1) is 0 Å². The van der Waals surface area contributed by atoms with Crippen LogP contribution in [0, 0.1) is 5.82 Å². The number of halogens is 1. The fourth-order valence-electron chi connectivity index (χ4n) is 1.05. The van der Waals surface area contributed by atoms with E-state index in [0.717, 1.165) is 5.69 Å². The zero-order valence-electron chi connectivity index (χ0n) is 8.16. The minimum Gasteiger partial charge on any atom is -0.468 e. The van der Waals surface area contributed by atoms with E-state index in [9.17, 15) is 9.18 Å². The van der Waals surface area contributed by atoms with Gasteiger partial charge in [0.15, 0.2) is 0 Å². The molecule has 1 aromatic carbocycles. The standard InChI is InChI=1S/C10H12FNO2/c1-12(7-10(13)14-2)9-5-3-8(11)4-6-9/h3-6H,7H2,1-2H3. The summed E-state index contributed by atoms with van der Waals surface area (Å²) >= 11 is 0. The second-order valence-electron chi connectivity index (χ2n) is 2.91. The molecular formula is C10H12FNO2. The highest BCUT2D eigenvalue weighted by molar-refractivity contribution is 5.75. The predicted octanol–water partition coefficient (Wildman–Crippen LogP) is 1.43. The van der Waals surface area contributed by atoms with Crippen LogP contribution in [0.15, 0.2) is 24.3 Å². The third kappa shape index (κ3) is 2.73. The maximum Gasteiger partial charge on any atom is 0.325 e. The Morgan fingerprint density at radius 3 is 2.50 bits per heavy atom. The van der Waals surface area contributed by atoms with Crippen molar-refractivity contribution in [1.29, 1.82) is 0 Å². The fourth-order valence-corrected chi connectivity index (χ4v) is 1.05. The topological polar surface area (TPSA) is 29.5 Å².